The summed E-state index contributed by atoms with van der Waals surface area (Å²) in [6.45, 7) is 4.07. The average molecular weight is 344 g/mol. The molecule has 0 radical (unpaired) electrons. The van der Waals surface area contributed by atoms with E-state index in [-0.39, 0.29) is 12.4 Å². The standard InChI is InChI=1S/C15H18ClN3S.ClH/c1-10-18-14(9-20-10)19(2)15-12-6-8-17-7-5-11(12)3-4-13(15)16;/h3-4,9,17H,5-8H2,1-2H3;1H. The maximum absolute atomic E-state index is 6.48. The zero-order valence-electron chi connectivity index (χ0n) is 12.1. The molecule has 3 rings (SSSR count). The fourth-order valence-corrected chi connectivity index (χ4v) is 3.64. The molecule has 0 fully saturated rings. The number of rotatable bonds is 2. The molecule has 2 heterocycles. The van der Waals surface area contributed by atoms with Gasteiger partial charge in [-0.3, -0.25) is 0 Å². The minimum atomic E-state index is 0. The zero-order chi connectivity index (χ0) is 14.1. The Morgan fingerprint density at radius 1 is 1.29 bits per heavy atom. The molecule has 3 nitrogen and oxygen atoms in total. The molecule has 6 heteroatoms. The summed E-state index contributed by atoms with van der Waals surface area (Å²) in [4.78, 5) is 6.69. The predicted octanol–water partition coefficient (Wildman–Crippen LogP) is 3.98. The molecule has 0 spiro atoms. The first-order chi connectivity index (χ1) is 9.66. The van der Waals surface area contributed by atoms with Crippen LogP contribution in [-0.4, -0.2) is 25.1 Å². The molecule has 1 aliphatic rings. The first-order valence-corrected chi connectivity index (χ1v) is 8.09. The van der Waals surface area contributed by atoms with Crippen molar-refractivity contribution in [3.63, 3.8) is 0 Å². The quantitative estimate of drug-likeness (QED) is 0.893. The Morgan fingerprint density at radius 2 is 2.05 bits per heavy atom. The van der Waals surface area contributed by atoms with Crippen molar-refractivity contribution in [1.29, 1.82) is 0 Å². The highest BCUT2D eigenvalue weighted by molar-refractivity contribution is 7.09. The predicted molar refractivity (Wildman–Crippen MR) is 93.9 cm³/mol. The van der Waals surface area contributed by atoms with Gasteiger partial charge in [-0.1, -0.05) is 17.7 Å². The number of hydrogen-bond acceptors (Lipinski definition) is 4. The van der Waals surface area contributed by atoms with Crippen LogP contribution in [0.3, 0.4) is 0 Å². The Labute approximate surface area is 140 Å². The van der Waals surface area contributed by atoms with Crippen LogP contribution >= 0.6 is 35.3 Å². The van der Waals surface area contributed by atoms with E-state index in [0.717, 1.165) is 47.5 Å². The van der Waals surface area contributed by atoms with Gasteiger partial charge < -0.3 is 10.2 Å². The number of anilines is 2. The second-order valence-electron chi connectivity index (χ2n) is 5.07. The SMILES string of the molecule is Cc1nc(N(C)c2c(Cl)ccc3c2CCNCC3)cs1.Cl. The molecule has 0 saturated carbocycles. The van der Waals surface area contributed by atoms with E-state index in [9.17, 15) is 0 Å². The number of fused-ring (bicyclic) bond motifs is 1. The van der Waals surface area contributed by atoms with Crippen LogP contribution in [0.1, 0.15) is 16.1 Å². The molecule has 0 saturated heterocycles. The maximum Gasteiger partial charge on any atom is 0.144 e. The minimum Gasteiger partial charge on any atom is -0.327 e. The van der Waals surface area contributed by atoms with Crippen molar-refractivity contribution in [3.8, 4) is 0 Å². The van der Waals surface area contributed by atoms with Crippen molar-refractivity contribution < 1.29 is 0 Å². The van der Waals surface area contributed by atoms with Gasteiger partial charge >= 0.3 is 0 Å². The Balaban J connectivity index is 0.00000161. The molecule has 1 aliphatic heterocycles. The lowest BCUT2D eigenvalue weighted by Gasteiger charge is -2.23. The van der Waals surface area contributed by atoms with Gasteiger partial charge in [0.2, 0.25) is 0 Å². The number of aromatic nitrogens is 1. The molecule has 114 valence electrons. The second-order valence-corrected chi connectivity index (χ2v) is 6.54. The summed E-state index contributed by atoms with van der Waals surface area (Å²) in [7, 11) is 2.05. The van der Waals surface area contributed by atoms with E-state index >= 15 is 0 Å². The van der Waals surface area contributed by atoms with Crippen molar-refractivity contribution in [3.05, 3.63) is 38.7 Å². The molecule has 1 aromatic heterocycles. The van der Waals surface area contributed by atoms with Crippen LogP contribution in [-0.2, 0) is 12.8 Å². The van der Waals surface area contributed by atoms with Gasteiger partial charge in [0.05, 0.1) is 15.7 Å². The fourth-order valence-electron chi connectivity index (χ4n) is 2.71. The first kappa shape index (κ1) is 16.6. The Kier molecular flexibility index (Phi) is 5.49. The molecule has 0 unspecified atom stereocenters. The largest absolute Gasteiger partial charge is 0.327 e. The van der Waals surface area contributed by atoms with Crippen LogP contribution in [0.5, 0.6) is 0 Å². The summed E-state index contributed by atoms with van der Waals surface area (Å²) in [6, 6.07) is 4.17. The van der Waals surface area contributed by atoms with Gasteiger partial charge in [0.1, 0.15) is 5.82 Å². The van der Waals surface area contributed by atoms with Crippen LogP contribution in [0.25, 0.3) is 0 Å². The third-order valence-corrected chi connectivity index (χ3v) is 4.81. The molecule has 0 amide bonds. The highest BCUT2D eigenvalue weighted by atomic mass is 35.5. The minimum absolute atomic E-state index is 0. The highest BCUT2D eigenvalue weighted by Crippen LogP contribution is 2.37. The van der Waals surface area contributed by atoms with Crippen LogP contribution in [0.4, 0.5) is 11.5 Å². The number of halogens is 2. The van der Waals surface area contributed by atoms with E-state index in [1.807, 2.05) is 20.0 Å². The van der Waals surface area contributed by atoms with Crippen LogP contribution in [0.2, 0.25) is 5.02 Å². The zero-order valence-corrected chi connectivity index (χ0v) is 14.5. The van der Waals surface area contributed by atoms with E-state index in [1.165, 1.54) is 11.1 Å². The van der Waals surface area contributed by atoms with Crippen molar-refractivity contribution in [1.82, 2.24) is 10.3 Å². The smallest absolute Gasteiger partial charge is 0.144 e. The summed E-state index contributed by atoms with van der Waals surface area (Å²) < 4.78 is 0. The van der Waals surface area contributed by atoms with E-state index in [0.29, 0.717) is 0 Å². The van der Waals surface area contributed by atoms with Gasteiger partial charge in [0.25, 0.3) is 0 Å². The molecule has 1 aromatic carbocycles. The lowest BCUT2D eigenvalue weighted by molar-refractivity contribution is 0.711. The number of benzene rings is 1. The van der Waals surface area contributed by atoms with Crippen LogP contribution in [0, 0.1) is 6.92 Å². The van der Waals surface area contributed by atoms with Gasteiger partial charge in [-0.05, 0) is 50.0 Å². The lowest BCUT2D eigenvalue weighted by Crippen LogP contribution is -2.17. The fraction of sp³-hybridized carbons (Fsp3) is 0.400. The second kappa shape index (κ2) is 6.97. The average Bonchev–Trinajstić information content (AvgIpc) is 2.72. The Hall–Kier alpha value is -0.810. The summed E-state index contributed by atoms with van der Waals surface area (Å²) in [5, 5.41) is 7.41. The van der Waals surface area contributed by atoms with Crippen LogP contribution in [0.15, 0.2) is 17.5 Å². The molecule has 2 aromatic rings. The number of nitrogens with zero attached hydrogens (tertiary/aromatic N) is 2. The van der Waals surface area contributed by atoms with Gasteiger partial charge in [-0.15, -0.1) is 23.7 Å². The highest BCUT2D eigenvalue weighted by Gasteiger charge is 2.19. The molecule has 0 bridgehead atoms. The Bertz CT molecular complexity index is 627. The maximum atomic E-state index is 6.48. The number of aryl methyl sites for hydroxylation is 1. The van der Waals surface area contributed by atoms with Crippen molar-refractivity contribution in [2.45, 2.75) is 19.8 Å². The monoisotopic (exact) mass is 343 g/mol. The molecule has 1 N–H and O–H groups in total. The third kappa shape index (κ3) is 3.34. The molecule has 21 heavy (non-hydrogen) atoms. The topological polar surface area (TPSA) is 28.2 Å². The van der Waals surface area contributed by atoms with Crippen LogP contribution < -0.4 is 10.2 Å². The first-order valence-electron chi connectivity index (χ1n) is 6.83. The number of nitrogens with one attached hydrogen (secondary N) is 1. The lowest BCUT2D eigenvalue weighted by atomic mass is 10.0. The van der Waals surface area contributed by atoms with Gasteiger partial charge in [0, 0.05) is 12.4 Å². The van der Waals surface area contributed by atoms with Gasteiger partial charge in [0.15, 0.2) is 0 Å². The van der Waals surface area contributed by atoms with E-state index in [1.54, 1.807) is 11.3 Å². The number of hydrogen-bond donors (Lipinski definition) is 1. The van der Waals surface area contributed by atoms with Crippen molar-refractivity contribution >= 4 is 46.9 Å². The van der Waals surface area contributed by atoms with E-state index < -0.39 is 0 Å². The third-order valence-electron chi connectivity index (χ3n) is 3.74. The summed E-state index contributed by atoms with van der Waals surface area (Å²) in [5.74, 6) is 0.972. The molecular weight excluding hydrogens is 325 g/mol. The van der Waals surface area contributed by atoms with E-state index in [4.69, 9.17) is 11.6 Å². The van der Waals surface area contributed by atoms with Crippen molar-refractivity contribution in [2.24, 2.45) is 0 Å². The normalized spacial score (nSPS) is 14.0. The molecular formula is C15H19Cl2N3S. The summed E-state index contributed by atoms with van der Waals surface area (Å²) in [5.41, 5.74) is 3.86. The number of thiazole rings is 1. The summed E-state index contributed by atoms with van der Waals surface area (Å²) >= 11 is 8.15. The molecule has 0 aliphatic carbocycles. The summed E-state index contributed by atoms with van der Waals surface area (Å²) in [6.07, 6.45) is 2.07. The molecule has 0 atom stereocenters. The Morgan fingerprint density at radius 3 is 2.76 bits per heavy atom. The van der Waals surface area contributed by atoms with Gasteiger partial charge in [-0.25, -0.2) is 4.98 Å². The van der Waals surface area contributed by atoms with Crippen molar-refractivity contribution in [2.75, 3.05) is 25.0 Å². The van der Waals surface area contributed by atoms with Gasteiger partial charge in [-0.2, -0.15) is 0 Å². The van der Waals surface area contributed by atoms with E-state index in [2.05, 4.69) is 26.6 Å².